The third-order valence-electron chi connectivity index (χ3n) is 2.39. The maximum absolute atomic E-state index is 11.5. The molecule has 0 spiro atoms. The van der Waals surface area contributed by atoms with Crippen LogP contribution in [-0.2, 0) is 9.53 Å². The van der Waals surface area contributed by atoms with E-state index in [-0.39, 0.29) is 24.0 Å². The fourth-order valence-electron chi connectivity index (χ4n) is 1.53. The maximum atomic E-state index is 11.5. The van der Waals surface area contributed by atoms with Gasteiger partial charge in [0.15, 0.2) is 0 Å². The average molecular weight is 198 g/mol. The molecule has 14 heavy (non-hydrogen) atoms. The SMILES string of the molecule is CCC(OC)C1=NC(C(C)C)C(=O)N1. The molecular weight excluding hydrogens is 180 g/mol. The quantitative estimate of drug-likeness (QED) is 0.731. The van der Waals surface area contributed by atoms with Gasteiger partial charge in [0.2, 0.25) is 5.91 Å². The lowest BCUT2D eigenvalue weighted by atomic mass is 10.1. The van der Waals surface area contributed by atoms with Gasteiger partial charge in [-0.25, -0.2) is 0 Å². The first-order valence-corrected chi connectivity index (χ1v) is 5.01. The van der Waals surface area contributed by atoms with Gasteiger partial charge in [-0.3, -0.25) is 9.79 Å². The fraction of sp³-hybridized carbons (Fsp3) is 0.800. The van der Waals surface area contributed by atoms with Gasteiger partial charge in [0, 0.05) is 7.11 Å². The maximum Gasteiger partial charge on any atom is 0.250 e. The van der Waals surface area contributed by atoms with Crippen LogP contribution in [-0.4, -0.2) is 31.0 Å². The zero-order valence-electron chi connectivity index (χ0n) is 9.20. The molecule has 0 saturated carbocycles. The molecule has 1 N–H and O–H groups in total. The van der Waals surface area contributed by atoms with Crippen LogP contribution in [0.2, 0.25) is 0 Å². The molecule has 0 bridgehead atoms. The van der Waals surface area contributed by atoms with Crippen LogP contribution in [0.15, 0.2) is 4.99 Å². The fourth-order valence-corrected chi connectivity index (χ4v) is 1.53. The summed E-state index contributed by atoms with van der Waals surface area (Å²) in [5.74, 6) is 0.908. The number of nitrogens with one attached hydrogen (secondary N) is 1. The van der Waals surface area contributed by atoms with E-state index in [1.165, 1.54) is 0 Å². The molecule has 0 radical (unpaired) electrons. The van der Waals surface area contributed by atoms with E-state index in [0.717, 1.165) is 6.42 Å². The van der Waals surface area contributed by atoms with E-state index in [1.54, 1.807) is 7.11 Å². The van der Waals surface area contributed by atoms with Crippen molar-refractivity contribution in [2.45, 2.75) is 39.3 Å². The zero-order chi connectivity index (χ0) is 10.7. The van der Waals surface area contributed by atoms with Crippen molar-refractivity contribution < 1.29 is 9.53 Å². The van der Waals surface area contributed by atoms with E-state index in [1.807, 2.05) is 20.8 Å². The molecule has 0 aliphatic carbocycles. The predicted octanol–water partition coefficient (Wildman–Crippen LogP) is 0.964. The highest BCUT2D eigenvalue weighted by molar-refractivity contribution is 6.07. The number of amidine groups is 1. The molecule has 1 heterocycles. The highest BCUT2D eigenvalue weighted by Crippen LogP contribution is 2.14. The Morgan fingerprint density at radius 2 is 2.21 bits per heavy atom. The van der Waals surface area contributed by atoms with Crippen molar-refractivity contribution in [3.63, 3.8) is 0 Å². The Hall–Kier alpha value is -0.900. The summed E-state index contributed by atoms with van der Waals surface area (Å²) in [4.78, 5) is 15.8. The third kappa shape index (κ3) is 2.12. The first-order valence-electron chi connectivity index (χ1n) is 5.01. The van der Waals surface area contributed by atoms with Crippen LogP contribution in [0.25, 0.3) is 0 Å². The van der Waals surface area contributed by atoms with Crippen LogP contribution < -0.4 is 5.32 Å². The van der Waals surface area contributed by atoms with Crippen molar-refractivity contribution in [2.75, 3.05) is 7.11 Å². The number of ether oxygens (including phenoxy) is 1. The van der Waals surface area contributed by atoms with Crippen molar-refractivity contribution >= 4 is 11.7 Å². The number of methoxy groups -OCH3 is 1. The van der Waals surface area contributed by atoms with Gasteiger partial charge in [0.25, 0.3) is 0 Å². The molecule has 1 amide bonds. The van der Waals surface area contributed by atoms with Gasteiger partial charge in [0.1, 0.15) is 18.0 Å². The Kier molecular flexibility index (Phi) is 3.63. The summed E-state index contributed by atoms with van der Waals surface area (Å²) < 4.78 is 5.21. The molecular formula is C10H18N2O2. The van der Waals surface area contributed by atoms with Crippen molar-refractivity contribution in [1.82, 2.24) is 5.32 Å². The number of carbonyl (C=O) groups is 1. The molecule has 4 heteroatoms. The van der Waals surface area contributed by atoms with Crippen LogP contribution in [0.5, 0.6) is 0 Å². The molecule has 0 aromatic rings. The van der Waals surface area contributed by atoms with Gasteiger partial charge < -0.3 is 10.1 Å². The van der Waals surface area contributed by atoms with Crippen LogP contribution in [0.1, 0.15) is 27.2 Å². The van der Waals surface area contributed by atoms with Crippen molar-refractivity contribution in [3.05, 3.63) is 0 Å². The number of amides is 1. The van der Waals surface area contributed by atoms with Gasteiger partial charge in [-0.1, -0.05) is 20.8 Å². The second-order valence-corrected chi connectivity index (χ2v) is 3.83. The van der Waals surface area contributed by atoms with Crippen molar-refractivity contribution in [2.24, 2.45) is 10.9 Å². The lowest BCUT2D eigenvalue weighted by Crippen LogP contribution is -2.36. The molecule has 0 aromatic heterocycles. The van der Waals surface area contributed by atoms with E-state index >= 15 is 0 Å². The van der Waals surface area contributed by atoms with E-state index in [0.29, 0.717) is 5.84 Å². The molecule has 0 aromatic carbocycles. The summed E-state index contributed by atoms with van der Waals surface area (Å²) >= 11 is 0. The monoisotopic (exact) mass is 198 g/mol. The minimum Gasteiger partial charge on any atom is -0.374 e. The van der Waals surface area contributed by atoms with Crippen molar-refractivity contribution in [1.29, 1.82) is 0 Å². The van der Waals surface area contributed by atoms with Gasteiger partial charge in [-0.2, -0.15) is 0 Å². The van der Waals surface area contributed by atoms with Gasteiger partial charge in [-0.15, -0.1) is 0 Å². The topological polar surface area (TPSA) is 50.7 Å². The second kappa shape index (κ2) is 4.55. The van der Waals surface area contributed by atoms with Crippen LogP contribution >= 0.6 is 0 Å². The van der Waals surface area contributed by atoms with E-state index in [2.05, 4.69) is 10.3 Å². The molecule has 1 aliphatic rings. The summed E-state index contributed by atoms with van der Waals surface area (Å²) in [6.07, 6.45) is 0.739. The van der Waals surface area contributed by atoms with E-state index in [9.17, 15) is 4.79 Å². The second-order valence-electron chi connectivity index (χ2n) is 3.83. The third-order valence-corrected chi connectivity index (χ3v) is 2.39. The Morgan fingerprint density at radius 1 is 1.57 bits per heavy atom. The largest absolute Gasteiger partial charge is 0.374 e. The first kappa shape index (κ1) is 11.2. The Balaban J connectivity index is 2.74. The van der Waals surface area contributed by atoms with Crippen LogP contribution in [0, 0.1) is 5.92 Å². The predicted molar refractivity (Wildman–Crippen MR) is 55.3 cm³/mol. The molecule has 1 aliphatic heterocycles. The van der Waals surface area contributed by atoms with Crippen molar-refractivity contribution in [3.8, 4) is 0 Å². The summed E-state index contributed by atoms with van der Waals surface area (Å²) in [5.41, 5.74) is 0. The summed E-state index contributed by atoms with van der Waals surface area (Å²) in [5, 5.41) is 2.77. The molecule has 4 nitrogen and oxygen atoms in total. The molecule has 0 fully saturated rings. The number of nitrogens with zero attached hydrogens (tertiary/aromatic N) is 1. The zero-order valence-corrected chi connectivity index (χ0v) is 9.20. The lowest BCUT2D eigenvalue weighted by Gasteiger charge is -2.11. The first-order chi connectivity index (χ1) is 6.60. The highest BCUT2D eigenvalue weighted by atomic mass is 16.5. The van der Waals surface area contributed by atoms with Gasteiger partial charge >= 0.3 is 0 Å². The summed E-state index contributed by atoms with van der Waals surface area (Å²) in [6, 6.07) is -0.241. The highest BCUT2D eigenvalue weighted by Gasteiger charge is 2.31. The van der Waals surface area contributed by atoms with E-state index in [4.69, 9.17) is 4.74 Å². The molecule has 2 atom stereocenters. The van der Waals surface area contributed by atoms with Gasteiger partial charge in [0.05, 0.1) is 0 Å². The number of hydrogen-bond donors (Lipinski definition) is 1. The lowest BCUT2D eigenvalue weighted by molar-refractivity contribution is -0.120. The minimum atomic E-state index is -0.241. The summed E-state index contributed by atoms with van der Waals surface area (Å²) in [6.45, 7) is 5.99. The molecule has 2 unspecified atom stereocenters. The Labute approximate surface area is 84.7 Å². The normalized spacial score (nSPS) is 23.6. The minimum absolute atomic E-state index is 0.00880. The Morgan fingerprint density at radius 3 is 2.57 bits per heavy atom. The molecule has 1 rings (SSSR count). The van der Waals surface area contributed by atoms with Crippen LogP contribution in [0.4, 0.5) is 0 Å². The smallest absolute Gasteiger partial charge is 0.250 e. The summed E-state index contributed by atoms with van der Waals surface area (Å²) in [7, 11) is 1.63. The molecule has 0 saturated heterocycles. The van der Waals surface area contributed by atoms with E-state index < -0.39 is 0 Å². The number of rotatable bonds is 4. The number of aliphatic imine (C=N–C) groups is 1. The average Bonchev–Trinajstić information content (AvgIpc) is 2.50. The van der Waals surface area contributed by atoms with Gasteiger partial charge in [-0.05, 0) is 12.3 Å². The number of hydrogen-bond acceptors (Lipinski definition) is 3. The standard InChI is InChI=1S/C10H18N2O2/c1-5-7(14-4)9-11-8(6(2)3)10(13)12-9/h6-8H,5H2,1-4H3,(H,11,12,13). The Bertz CT molecular complexity index is 245. The number of carbonyl (C=O) groups excluding carboxylic acids is 1. The van der Waals surface area contributed by atoms with Crippen LogP contribution in [0.3, 0.4) is 0 Å². The molecule has 80 valence electrons.